The van der Waals surface area contributed by atoms with E-state index in [-0.39, 0.29) is 12.6 Å². The number of likely N-dealkylation sites (tertiary alicyclic amines) is 1. The van der Waals surface area contributed by atoms with Crippen LogP contribution in [0.15, 0.2) is 0 Å². The van der Waals surface area contributed by atoms with Gasteiger partial charge in [-0.1, -0.05) is 6.92 Å². The summed E-state index contributed by atoms with van der Waals surface area (Å²) >= 11 is 0. The first-order valence-electron chi connectivity index (χ1n) is 6.92. The number of nitrogens with one attached hydrogen (secondary N) is 1. The van der Waals surface area contributed by atoms with Crippen molar-refractivity contribution < 1.29 is 5.11 Å². The molecule has 1 saturated heterocycles. The van der Waals surface area contributed by atoms with Gasteiger partial charge < -0.3 is 20.2 Å². The first-order valence-corrected chi connectivity index (χ1v) is 6.92. The molecule has 1 rings (SSSR count). The van der Waals surface area contributed by atoms with Crippen molar-refractivity contribution in [3.63, 3.8) is 0 Å². The van der Waals surface area contributed by atoms with Crippen LogP contribution in [0.4, 0.5) is 0 Å². The SMILES string of the molecule is CCN1CCC(N(C)CCC(CO)NC)CC1. The minimum absolute atomic E-state index is 0.235. The van der Waals surface area contributed by atoms with Gasteiger partial charge in [-0.3, -0.25) is 0 Å². The number of hydrogen-bond donors (Lipinski definition) is 2. The van der Waals surface area contributed by atoms with E-state index in [9.17, 15) is 0 Å². The zero-order valence-corrected chi connectivity index (χ0v) is 11.7. The van der Waals surface area contributed by atoms with Crippen LogP contribution in [-0.4, -0.2) is 73.9 Å². The maximum atomic E-state index is 9.13. The second-order valence-corrected chi connectivity index (χ2v) is 5.10. The Hall–Kier alpha value is -0.160. The summed E-state index contributed by atoms with van der Waals surface area (Å²) in [5.41, 5.74) is 0. The molecule has 0 aromatic rings. The lowest BCUT2D eigenvalue weighted by molar-refractivity contribution is 0.124. The minimum atomic E-state index is 0.235. The zero-order valence-electron chi connectivity index (χ0n) is 11.7. The molecule has 0 bridgehead atoms. The molecule has 0 aromatic carbocycles. The minimum Gasteiger partial charge on any atom is -0.395 e. The summed E-state index contributed by atoms with van der Waals surface area (Å²) < 4.78 is 0. The van der Waals surface area contributed by atoms with Gasteiger partial charge in [-0.15, -0.1) is 0 Å². The molecule has 0 aliphatic carbocycles. The summed E-state index contributed by atoms with van der Waals surface area (Å²) in [4.78, 5) is 4.99. The third kappa shape index (κ3) is 4.92. The number of aliphatic hydroxyl groups excluding tert-OH is 1. The first-order chi connectivity index (χ1) is 8.21. The molecule has 102 valence electrons. The molecule has 0 amide bonds. The third-order valence-electron chi connectivity index (χ3n) is 4.09. The van der Waals surface area contributed by atoms with E-state index in [1.54, 1.807) is 0 Å². The molecule has 17 heavy (non-hydrogen) atoms. The molecule has 1 heterocycles. The van der Waals surface area contributed by atoms with Crippen molar-refractivity contribution in [2.45, 2.75) is 38.3 Å². The maximum absolute atomic E-state index is 9.13. The van der Waals surface area contributed by atoms with Crippen LogP contribution in [0.1, 0.15) is 26.2 Å². The zero-order chi connectivity index (χ0) is 12.7. The molecule has 1 fully saturated rings. The molecule has 2 N–H and O–H groups in total. The van der Waals surface area contributed by atoms with E-state index in [0.29, 0.717) is 0 Å². The van der Waals surface area contributed by atoms with Crippen molar-refractivity contribution in [1.29, 1.82) is 0 Å². The Balaban J connectivity index is 2.22. The average molecular weight is 243 g/mol. The Bertz CT molecular complexity index is 189. The highest BCUT2D eigenvalue weighted by Gasteiger charge is 2.21. The molecule has 0 spiro atoms. The molecule has 0 saturated carbocycles. The van der Waals surface area contributed by atoms with Crippen LogP contribution in [0.25, 0.3) is 0 Å². The molecule has 4 heteroatoms. The molecule has 0 radical (unpaired) electrons. The van der Waals surface area contributed by atoms with Crippen molar-refractivity contribution in [1.82, 2.24) is 15.1 Å². The summed E-state index contributed by atoms with van der Waals surface area (Å²) in [6.07, 6.45) is 3.60. The predicted molar refractivity (Wildman–Crippen MR) is 72.3 cm³/mol. The van der Waals surface area contributed by atoms with Gasteiger partial charge in [0.25, 0.3) is 0 Å². The van der Waals surface area contributed by atoms with Gasteiger partial charge in [0.1, 0.15) is 0 Å². The highest BCUT2D eigenvalue weighted by Crippen LogP contribution is 2.15. The van der Waals surface area contributed by atoms with E-state index in [1.807, 2.05) is 7.05 Å². The smallest absolute Gasteiger partial charge is 0.0585 e. The second-order valence-electron chi connectivity index (χ2n) is 5.10. The topological polar surface area (TPSA) is 38.7 Å². The molecule has 1 aliphatic heterocycles. The Morgan fingerprint density at radius 3 is 2.53 bits per heavy atom. The lowest BCUT2D eigenvalue weighted by Gasteiger charge is -2.36. The number of hydrogen-bond acceptors (Lipinski definition) is 4. The lowest BCUT2D eigenvalue weighted by atomic mass is 10.0. The van der Waals surface area contributed by atoms with Gasteiger partial charge in [-0.25, -0.2) is 0 Å². The van der Waals surface area contributed by atoms with Crippen LogP contribution >= 0.6 is 0 Å². The van der Waals surface area contributed by atoms with Crippen molar-refractivity contribution in [3.05, 3.63) is 0 Å². The van der Waals surface area contributed by atoms with Crippen LogP contribution in [-0.2, 0) is 0 Å². The van der Waals surface area contributed by atoms with Crippen molar-refractivity contribution in [3.8, 4) is 0 Å². The Morgan fingerprint density at radius 2 is 2.06 bits per heavy atom. The second kappa shape index (κ2) is 8.03. The van der Waals surface area contributed by atoms with Gasteiger partial charge in [0.2, 0.25) is 0 Å². The number of aliphatic hydroxyl groups is 1. The van der Waals surface area contributed by atoms with E-state index in [1.165, 1.54) is 32.5 Å². The quantitative estimate of drug-likeness (QED) is 0.678. The van der Waals surface area contributed by atoms with Crippen LogP contribution in [0.2, 0.25) is 0 Å². The van der Waals surface area contributed by atoms with Gasteiger partial charge in [-0.05, 0) is 59.5 Å². The monoisotopic (exact) mass is 243 g/mol. The van der Waals surface area contributed by atoms with E-state index >= 15 is 0 Å². The Kier molecular flexibility index (Phi) is 7.04. The summed E-state index contributed by atoms with van der Waals surface area (Å²) in [5, 5.41) is 12.3. The van der Waals surface area contributed by atoms with E-state index in [0.717, 1.165) is 19.0 Å². The van der Waals surface area contributed by atoms with E-state index in [4.69, 9.17) is 5.11 Å². The molecule has 1 unspecified atom stereocenters. The van der Waals surface area contributed by atoms with Gasteiger partial charge in [0, 0.05) is 12.1 Å². The normalized spacial score (nSPS) is 21.0. The van der Waals surface area contributed by atoms with Crippen molar-refractivity contribution in [2.24, 2.45) is 0 Å². The molecule has 1 atom stereocenters. The summed E-state index contributed by atoms with van der Waals surface area (Å²) in [6, 6.07) is 0.974. The van der Waals surface area contributed by atoms with Gasteiger partial charge in [0.15, 0.2) is 0 Å². The van der Waals surface area contributed by atoms with Crippen LogP contribution in [0, 0.1) is 0 Å². The molecular formula is C13H29N3O. The van der Waals surface area contributed by atoms with E-state index < -0.39 is 0 Å². The summed E-state index contributed by atoms with van der Waals surface area (Å²) in [6.45, 7) is 7.20. The maximum Gasteiger partial charge on any atom is 0.0585 e. The molecule has 1 aliphatic rings. The highest BCUT2D eigenvalue weighted by molar-refractivity contribution is 4.78. The summed E-state index contributed by atoms with van der Waals surface area (Å²) in [7, 11) is 4.14. The number of piperidine rings is 1. The van der Waals surface area contributed by atoms with Crippen molar-refractivity contribution in [2.75, 3.05) is 46.9 Å². The Labute approximate surface area is 106 Å². The van der Waals surface area contributed by atoms with E-state index in [2.05, 4.69) is 29.1 Å². The van der Waals surface area contributed by atoms with Gasteiger partial charge in [-0.2, -0.15) is 0 Å². The standard InChI is InChI=1S/C13H29N3O/c1-4-16-9-6-13(7-10-16)15(3)8-5-12(11-17)14-2/h12-14,17H,4-11H2,1-3H3. The number of likely N-dealkylation sites (N-methyl/N-ethyl adjacent to an activating group) is 1. The highest BCUT2D eigenvalue weighted by atomic mass is 16.3. The Morgan fingerprint density at radius 1 is 1.41 bits per heavy atom. The molecule has 0 aromatic heterocycles. The fraction of sp³-hybridized carbons (Fsp3) is 1.00. The van der Waals surface area contributed by atoms with Crippen LogP contribution < -0.4 is 5.32 Å². The lowest BCUT2D eigenvalue weighted by Crippen LogP contribution is -2.44. The molecular weight excluding hydrogens is 214 g/mol. The van der Waals surface area contributed by atoms with Crippen LogP contribution in [0.5, 0.6) is 0 Å². The molecule has 4 nitrogen and oxygen atoms in total. The van der Waals surface area contributed by atoms with Gasteiger partial charge >= 0.3 is 0 Å². The largest absolute Gasteiger partial charge is 0.395 e. The van der Waals surface area contributed by atoms with Crippen molar-refractivity contribution >= 4 is 0 Å². The fourth-order valence-corrected chi connectivity index (χ4v) is 2.55. The average Bonchev–Trinajstić information content (AvgIpc) is 2.39. The third-order valence-corrected chi connectivity index (χ3v) is 4.09. The fourth-order valence-electron chi connectivity index (χ4n) is 2.55. The number of rotatable bonds is 7. The van der Waals surface area contributed by atoms with Crippen LogP contribution in [0.3, 0.4) is 0 Å². The summed E-state index contributed by atoms with van der Waals surface area (Å²) in [5.74, 6) is 0. The first kappa shape index (κ1) is 14.9. The van der Waals surface area contributed by atoms with Gasteiger partial charge in [0.05, 0.1) is 6.61 Å². The number of nitrogens with zero attached hydrogens (tertiary/aromatic N) is 2. The predicted octanol–water partition coefficient (Wildman–Crippen LogP) is 0.373.